The molecule has 0 bridgehead atoms. The van der Waals surface area contributed by atoms with Gasteiger partial charge in [0.1, 0.15) is 11.4 Å². The molecule has 0 radical (unpaired) electrons. The van der Waals surface area contributed by atoms with Crippen molar-refractivity contribution in [3.8, 4) is 22.5 Å². The molecule has 1 amide bonds. The molecule has 0 aliphatic heterocycles. The fraction of sp³-hybridized carbons (Fsp3) is 0.214. The minimum Gasteiger partial charge on any atom is -0.355 e. The van der Waals surface area contributed by atoms with E-state index in [4.69, 9.17) is 4.98 Å². The molecule has 0 atom stereocenters. The molecule has 0 saturated heterocycles. The smallest absolute Gasteiger partial charge is 0.230 e. The highest BCUT2D eigenvalue weighted by atomic mass is 32.2. The van der Waals surface area contributed by atoms with Crippen molar-refractivity contribution in [2.45, 2.75) is 31.8 Å². The van der Waals surface area contributed by atoms with Crippen molar-refractivity contribution in [1.82, 2.24) is 20.5 Å². The highest BCUT2D eigenvalue weighted by Crippen LogP contribution is 2.30. The molecular formula is C28H28N4OS. The standard InChI is InChI=1S/C28H28N4OS/c1-20-10-14-23(15-11-20)26-27(24-16-12-21(2)13-17-24)31-32-28(30-26)34-19-25(33)29-18-6-9-22-7-4-3-5-8-22/h3-5,7-8,10-17H,6,9,18-19H2,1-2H3,(H,29,33). The molecule has 0 saturated carbocycles. The molecule has 1 N–H and O–H groups in total. The molecule has 5 nitrogen and oxygen atoms in total. The number of carbonyl (C=O) groups is 1. The van der Waals surface area contributed by atoms with Crippen molar-refractivity contribution < 1.29 is 4.79 Å². The van der Waals surface area contributed by atoms with Crippen molar-refractivity contribution in [3.63, 3.8) is 0 Å². The van der Waals surface area contributed by atoms with Gasteiger partial charge in [0.15, 0.2) is 0 Å². The number of amides is 1. The summed E-state index contributed by atoms with van der Waals surface area (Å²) in [5.74, 6) is 0.227. The van der Waals surface area contributed by atoms with Gasteiger partial charge in [0, 0.05) is 17.7 Å². The summed E-state index contributed by atoms with van der Waals surface area (Å²) in [5.41, 5.74) is 7.09. The summed E-state index contributed by atoms with van der Waals surface area (Å²) in [6.07, 6.45) is 1.85. The van der Waals surface area contributed by atoms with Gasteiger partial charge in [-0.3, -0.25) is 4.79 Å². The Balaban J connectivity index is 1.41. The van der Waals surface area contributed by atoms with Gasteiger partial charge in [-0.25, -0.2) is 4.98 Å². The zero-order chi connectivity index (χ0) is 23.8. The number of thioether (sulfide) groups is 1. The Labute approximate surface area is 205 Å². The van der Waals surface area contributed by atoms with Gasteiger partial charge in [-0.2, -0.15) is 0 Å². The molecule has 1 aromatic heterocycles. The highest BCUT2D eigenvalue weighted by molar-refractivity contribution is 7.99. The van der Waals surface area contributed by atoms with Gasteiger partial charge in [-0.1, -0.05) is 102 Å². The summed E-state index contributed by atoms with van der Waals surface area (Å²) in [6, 6.07) is 26.7. The van der Waals surface area contributed by atoms with Gasteiger partial charge >= 0.3 is 0 Å². The molecule has 34 heavy (non-hydrogen) atoms. The van der Waals surface area contributed by atoms with Crippen LogP contribution in [0.5, 0.6) is 0 Å². The second-order valence-electron chi connectivity index (χ2n) is 8.25. The van der Waals surface area contributed by atoms with Crippen molar-refractivity contribution in [3.05, 3.63) is 95.6 Å². The number of carbonyl (C=O) groups excluding carboxylic acids is 1. The zero-order valence-corrected chi connectivity index (χ0v) is 20.3. The third-order valence-corrected chi connectivity index (χ3v) is 6.29. The number of hydrogen-bond acceptors (Lipinski definition) is 5. The Kier molecular flexibility index (Phi) is 8.04. The first-order chi connectivity index (χ1) is 16.6. The van der Waals surface area contributed by atoms with E-state index in [9.17, 15) is 4.79 Å². The molecule has 0 aliphatic rings. The van der Waals surface area contributed by atoms with Gasteiger partial charge in [0.2, 0.25) is 11.1 Å². The van der Waals surface area contributed by atoms with Crippen LogP contribution in [-0.2, 0) is 11.2 Å². The summed E-state index contributed by atoms with van der Waals surface area (Å²) in [6.45, 7) is 4.76. The Hall–Kier alpha value is -3.51. The minimum absolute atomic E-state index is 0.0267. The van der Waals surface area contributed by atoms with Crippen LogP contribution < -0.4 is 5.32 Å². The maximum atomic E-state index is 12.3. The van der Waals surface area contributed by atoms with Gasteiger partial charge < -0.3 is 5.32 Å². The summed E-state index contributed by atoms with van der Waals surface area (Å²) in [5, 5.41) is 12.3. The Morgan fingerprint density at radius 2 is 1.41 bits per heavy atom. The molecular weight excluding hydrogens is 440 g/mol. The van der Waals surface area contributed by atoms with Crippen LogP contribution in [0.25, 0.3) is 22.5 Å². The number of nitrogens with zero attached hydrogens (tertiary/aromatic N) is 3. The first-order valence-corrected chi connectivity index (χ1v) is 12.4. The number of aryl methyl sites for hydroxylation is 3. The van der Waals surface area contributed by atoms with Gasteiger partial charge in [0.25, 0.3) is 0 Å². The van der Waals surface area contributed by atoms with Crippen molar-refractivity contribution in [2.24, 2.45) is 0 Å². The summed E-state index contributed by atoms with van der Waals surface area (Å²) < 4.78 is 0. The van der Waals surface area contributed by atoms with Crippen LogP contribution in [0.1, 0.15) is 23.1 Å². The monoisotopic (exact) mass is 468 g/mol. The number of hydrogen-bond donors (Lipinski definition) is 1. The molecule has 4 rings (SSSR count). The van der Waals surface area contributed by atoms with Crippen LogP contribution >= 0.6 is 11.8 Å². The second-order valence-corrected chi connectivity index (χ2v) is 9.19. The second kappa shape index (κ2) is 11.6. The van der Waals surface area contributed by atoms with E-state index in [1.54, 1.807) is 0 Å². The lowest BCUT2D eigenvalue weighted by Crippen LogP contribution is -2.26. The minimum atomic E-state index is -0.0267. The van der Waals surface area contributed by atoms with Crippen molar-refractivity contribution in [1.29, 1.82) is 0 Å². The Bertz CT molecular complexity index is 1230. The van der Waals surface area contributed by atoms with Gasteiger partial charge in [-0.05, 0) is 32.3 Å². The zero-order valence-electron chi connectivity index (χ0n) is 19.5. The third-order valence-electron chi connectivity index (χ3n) is 5.46. The van der Waals surface area contributed by atoms with Crippen LogP contribution in [0.3, 0.4) is 0 Å². The average Bonchev–Trinajstić information content (AvgIpc) is 2.87. The molecule has 172 valence electrons. The quantitative estimate of drug-likeness (QED) is 0.253. The fourth-order valence-corrected chi connectivity index (χ4v) is 4.15. The van der Waals surface area contributed by atoms with Gasteiger partial charge in [0.05, 0.1) is 5.75 Å². The first-order valence-electron chi connectivity index (χ1n) is 11.4. The number of nitrogens with one attached hydrogen (secondary N) is 1. The number of rotatable bonds is 9. The van der Waals surface area contributed by atoms with Crippen molar-refractivity contribution in [2.75, 3.05) is 12.3 Å². The van der Waals surface area contributed by atoms with E-state index in [0.29, 0.717) is 11.7 Å². The summed E-state index contributed by atoms with van der Waals surface area (Å²) in [7, 11) is 0. The molecule has 6 heteroatoms. The topological polar surface area (TPSA) is 67.8 Å². The van der Waals surface area contributed by atoms with Crippen LogP contribution in [0.2, 0.25) is 0 Å². The van der Waals surface area contributed by atoms with E-state index in [1.165, 1.54) is 28.5 Å². The van der Waals surface area contributed by atoms with E-state index >= 15 is 0 Å². The molecule has 4 aromatic rings. The maximum Gasteiger partial charge on any atom is 0.230 e. The highest BCUT2D eigenvalue weighted by Gasteiger charge is 2.15. The first kappa shape index (κ1) is 23.6. The lowest BCUT2D eigenvalue weighted by atomic mass is 10.0. The molecule has 0 unspecified atom stereocenters. The van der Waals surface area contributed by atoms with Crippen LogP contribution in [0.15, 0.2) is 84.0 Å². The van der Waals surface area contributed by atoms with Crippen molar-refractivity contribution >= 4 is 17.7 Å². The van der Waals surface area contributed by atoms with E-state index in [2.05, 4.69) is 65.8 Å². The van der Waals surface area contributed by atoms with E-state index < -0.39 is 0 Å². The number of aromatic nitrogens is 3. The largest absolute Gasteiger partial charge is 0.355 e. The van der Waals surface area contributed by atoms with Crippen LogP contribution in [0.4, 0.5) is 0 Å². The predicted octanol–water partition coefficient (Wildman–Crippen LogP) is 5.66. The molecule has 3 aromatic carbocycles. The molecule has 1 heterocycles. The summed E-state index contributed by atoms with van der Waals surface area (Å²) in [4.78, 5) is 17.1. The average molecular weight is 469 g/mol. The van der Waals surface area contributed by atoms with E-state index in [1.807, 2.05) is 42.5 Å². The predicted molar refractivity (Wildman–Crippen MR) is 139 cm³/mol. The molecule has 0 fully saturated rings. The lowest BCUT2D eigenvalue weighted by Gasteiger charge is -2.10. The van der Waals surface area contributed by atoms with Crippen LogP contribution in [-0.4, -0.2) is 33.4 Å². The summed E-state index contributed by atoms with van der Waals surface area (Å²) >= 11 is 1.30. The fourth-order valence-electron chi connectivity index (χ4n) is 3.54. The molecule has 0 spiro atoms. The molecule has 0 aliphatic carbocycles. The Morgan fingerprint density at radius 1 is 0.794 bits per heavy atom. The normalized spacial score (nSPS) is 10.8. The lowest BCUT2D eigenvalue weighted by molar-refractivity contribution is -0.118. The van der Waals surface area contributed by atoms with E-state index in [-0.39, 0.29) is 11.7 Å². The number of benzene rings is 3. The third kappa shape index (κ3) is 6.51. The van der Waals surface area contributed by atoms with Crippen LogP contribution in [0, 0.1) is 13.8 Å². The Morgan fingerprint density at radius 3 is 2.06 bits per heavy atom. The van der Waals surface area contributed by atoms with E-state index in [0.717, 1.165) is 35.4 Å². The van der Waals surface area contributed by atoms with Gasteiger partial charge in [-0.15, -0.1) is 10.2 Å². The maximum absolute atomic E-state index is 12.3. The SMILES string of the molecule is Cc1ccc(-c2nnc(SCC(=O)NCCCc3ccccc3)nc2-c2ccc(C)cc2)cc1.